The number of rotatable bonds is 4. The number of pyridine rings is 3. The van der Waals surface area contributed by atoms with Gasteiger partial charge in [0, 0.05) is 36.1 Å². The summed E-state index contributed by atoms with van der Waals surface area (Å²) in [6.07, 6.45) is 5.17. The van der Waals surface area contributed by atoms with Crippen molar-refractivity contribution in [2.75, 3.05) is 31.8 Å². The van der Waals surface area contributed by atoms with Crippen LogP contribution in [-0.2, 0) is 4.74 Å². The SMILES string of the molecule is COc1nccc(-c2cc(N3CCOCC3C)nc3c(-c4ccn[nH]4)nccc23)c1Cl. The maximum Gasteiger partial charge on any atom is 0.232 e. The Morgan fingerprint density at radius 2 is 2.03 bits per heavy atom. The molecule has 0 spiro atoms. The van der Waals surface area contributed by atoms with Crippen molar-refractivity contribution in [3.05, 3.63) is 47.9 Å². The van der Waals surface area contributed by atoms with Crippen LogP contribution in [0.4, 0.5) is 5.82 Å². The highest BCUT2D eigenvalue weighted by Gasteiger charge is 2.24. The number of halogens is 1. The van der Waals surface area contributed by atoms with E-state index in [1.807, 2.05) is 18.2 Å². The van der Waals surface area contributed by atoms with E-state index in [0.717, 1.165) is 45.8 Å². The molecule has 0 aliphatic carbocycles. The van der Waals surface area contributed by atoms with E-state index in [-0.39, 0.29) is 6.04 Å². The van der Waals surface area contributed by atoms with Gasteiger partial charge in [-0.1, -0.05) is 11.6 Å². The summed E-state index contributed by atoms with van der Waals surface area (Å²) in [5, 5.41) is 8.47. The van der Waals surface area contributed by atoms with Crippen LogP contribution in [0, 0.1) is 0 Å². The van der Waals surface area contributed by atoms with Gasteiger partial charge >= 0.3 is 0 Å². The van der Waals surface area contributed by atoms with Gasteiger partial charge in [-0.2, -0.15) is 5.10 Å². The number of anilines is 1. The monoisotopic (exact) mass is 436 g/mol. The Kier molecular flexibility index (Phi) is 5.17. The number of morpholine rings is 1. The van der Waals surface area contributed by atoms with Crippen LogP contribution < -0.4 is 9.64 Å². The van der Waals surface area contributed by atoms with Gasteiger partial charge < -0.3 is 14.4 Å². The van der Waals surface area contributed by atoms with Crippen LogP contribution in [-0.4, -0.2) is 58.1 Å². The summed E-state index contributed by atoms with van der Waals surface area (Å²) >= 11 is 6.68. The van der Waals surface area contributed by atoms with Crippen LogP contribution in [0.25, 0.3) is 33.4 Å². The molecule has 5 rings (SSSR count). The van der Waals surface area contributed by atoms with Crippen LogP contribution in [0.5, 0.6) is 5.88 Å². The maximum absolute atomic E-state index is 6.68. The number of nitrogens with zero attached hydrogens (tertiary/aromatic N) is 5. The molecule has 0 aromatic carbocycles. The van der Waals surface area contributed by atoms with Gasteiger partial charge in [-0.15, -0.1) is 0 Å². The van der Waals surface area contributed by atoms with E-state index in [1.54, 1.807) is 25.7 Å². The zero-order valence-corrected chi connectivity index (χ0v) is 17.9. The first kappa shape index (κ1) is 19.7. The second-order valence-corrected chi connectivity index (χ2v) is 7.73. The van der Waals surface area contributed by atoms with E-state index in [1.165, 1.54) is 0 Å². The fourth-order valence-corrected chi connectivity index (χ4v) is 4.23. The number of fused-ring (bicyclic) bond motifs is 1. The van der Waals surface area contributed by atoms with E-state index in [2.05, 4.69) is 38.1 Å². The Balaban J connectivity index is 1.81. The van der Waals surface area contributed by atoms with Crippen molar-refractivity contribution in [2.45, 2.75) is 13.0 Å². The Morgan fingerprint density at radius 3 is 2.81 bits per heavy atom. The number of nitrogens with one attached hydrogen (secondary N) is 1. The summed E-state index contributed by atoms with van der Waals surface area (Å²) in [5.74, 6) is 1.23. The quantitative estimate of drug-likeness (QED) is 0.517. The fraction of sp³-hybridized carbons (Fsp3) is 0.273. The maximum atomic E-state index is 6.68. The Morgan fingerprint density at radius 1 is 1.16 bits per heavy atom. The number of aromatic amines is 1. The van der Waals surface area contributed by atoms with Crippen molar-refractivity contribution >= 4 is 28.3 Å². The van der Waals surface area contributed by atoms with Crippen molar-refractivity contribution in [1.29, 1.82) is 0 Å². The molecule has 0 radical (unpaired) electrons. The molecule has 0 bridgehead atoms. The molecular weight excluding hydrogens is 416 g/mol. The van der Waals surface area contributed by atoms with Gasteiger partial charge in [0.1, 0.15) is 22.1 Å². The second-order valence-electron chi connectivity index (χ2n) is 7.35. The molecular formula is C22H21ClN6O2. The van der Waals surface area contributed by atoms with Crippen molar-refractivity contribution < 1.29 is 9.47 Å². The smallest absolute Gasteiger partial charge is 0.232 e. The molecule has 5 heterocycles. The van der Waals surface area contributed by atoms with Crippen molar-refractivity contribution in [3.8, 4) is 28.4 Å². The molecule has 1 N–H and O–H groups in total. The Hall–Kier alpha value is -3.23. The number of methoxy groups -OCH3 is 1. The van der Waals surface area contributed by atoms with Crippen molar-refractivity contribution in [3.63, 3.8) is 0 Å². The number of H-pyrrole nitrogens is 1. The highest BCUT2D eigenvalue weighted by atomic mass is 35.5. The predicted molar refractivity (Wildman–Crippen MR) is 120 cm³/mol. The second kappa shape index (κ2) is 8.13. The van der Waals surface area contributed by atoms with E-state index in [0.29, 0.717) is 24.1 Å². The van der Waals surface area contributed by atoms with E-state index in [9.17, 15) is 0 Å². The third kappa shape index (κ3) is 3.47. The van der Waals surface area contributed by atoms with Gasteiger partial charge in [0.05, 0.1) is 32.1 Å². The summed E-state index contributed by atoms with van der Waals surface area (Å²) in [4.78, 5) is 16.1. The number of ether oxygens (including phenoxy) is 2. The summed E-state index contributed by atoms with van der Waals surface area (Å²) < 4.78 is 11.0. The molecule has 1 atom stereocenters. The Labute approximate surface area is 184 Å². The van der Waals surface area contributed by atoms with Gasteiger partial charge in [-0.05, 0) is 36.8 Å². The lowest BCUT2D eigenvalue weighted by molar-refractivity contribution is 0.0986. The number of hydrogen-bond acceptors (Lipinski definition) is 7. The predicted octanol–water partition coefficient (Wildman–Crippen LogP) is 3.97. The standard InChI is InChI=1S/C22H21ClN6O2/c1-13-12-31-10-9-29(13)18-11-16(14-3-7-25-22(30-2)19(14)23)15-4-6-24-21(20(15)27-18)17-5-8-26-28-17/h3-8,11,13H,9-10,12H2,1-2H3,(H,26,28). The fourth-order valence-electron chi connectivity index (χ4n) is 3.94. The zero-order valence-electron chi connectivity index (χ0n) is 17.2. The first-order valence-corrected chi connectivity index (χ1v) is 10.4. The molecule has 1 fully saturated rings. The third-order valence-electron chi connectivity index (χ3n) is 5.47. The molecule has 1 saturated heterocycles. The van der Waals surface area contributed by atoms with Crippen LogP contribution in [0.1, 0.15) is 6.92 Å². The molecule has 8 nitrogen and oxygen atoms in total. The summed E-state index contributed by atoms with van der Waals surface area (Å²) in [5.41, 5.74) is 4.06. The molecule has 0 saturated carbocycles. The first-order chi connectivity index (χ1) is 15.2. The zero-order chi connectivity index (χ0) is 21.4. The average Bonchev–Trinajstić information content (AvgIpc) is 3.33. The lowest BCUT2D eigenvalue weighted by Gasteiger charge is -2.34. The van der Waals surface area contributed by atoms with Gasteiger partial charge in [0.2, 0.25) is 5.88 Å². The normalized spacial score (nSPS) is 16.6. The third-order valence-corrected chi connectivity index (χ3v) is 5.84. The van der Waals surface area contributed by atoms with Crippen molar-refractivity contribution in [1.82, 2.24) is 25.1 Å². The molecule has 1 unspecified atom stereocenters. The molecule has 9 heteroatoms. The minimum absolute atomic E-state index is 0.196. The van der Waals surface area contributed by atoms with Gasteiger partial charge in [0.15, 0.2) is 0 Å². The highest BCUT2D eigenvalue weighted by molar-refractivity contribution is 6.35. The minimum Gasteiger partial charge on any atom is -0.480 e. The molecule has 4 aromatic heterocycles. The molecule has 0 amide bonds. The highest BCUT2D eigenvalue weighted by Crippen LogP contribution is 2.40. The van der Waals surface area contributed by atoms with Crippen LogP contribution in [0.3, 0.4) is 0 Å². The largest absolute Gasteiger partial charge is 0.480 e. The molecule has 158 valence electrons. The van der Waals surface area contributed by atoms with Crippen LogP contribution >= 0.6 is 11.6 Å². The van der Waals surface area contributed by atoms with E-state index < -0.39 is 0 Å². The summed E-state index contributed by atoms with van der Waals surface area (Å²) in [6, 6.07) is 7.99. The van der Waals surface area contributed by atoms with E-state index >= 15 is 0 Å². The first-order valence-electron chi connectivity index (χ1n) is 10.00. The topological polar surface area (TPSA) is 89.0 Å². The lowest BCUT2D eigenvalue weighted by Crippen LogP contribution is -2.44. The molecule has 31 heavy (non-hydrogen) atoms. The van der Waals surface area contributed by atoms with E-state index in [4.69, 9.17) is 26.1 Å². The average molecular weight is 437 g/mol. The molecule has 1 aliphatic rings. The van der Waals surface area contributed by atoms with Gasteiger partial charge in [-0.25, -0.2) is 9.97 Å². The summed E-state index contributed by atoms with van der Waals surface area (Å²) in [6.45, 7) is 4.20. The van der Waals surface area contributed by atoms with Crippen molar-refractivity contribution in [2.24, 2.45) is 0 Å². The molecule has 1 aliphatic heterocycles. The van der Waals surface area contributed by atoms with Crippen LogP contribution in [0.2, 0.25) is 5.02 Å². The van der Waals surface area contributed by atoms with Gasteiger partial charge in [-0.3, -0.25) is 10.1 Å². The summed E-state index contributed by atoms with van der Waals surface area (Å²) in [7, 11) is 1.56. The van der Waals surface area contributed by atoms with Gasteiger partial charge in [0.25, 0.3) is 0 Å². The van der Waals surface area contributed by atoms with Crippen LogP contribution in [0.15, 0.2) is 42.9 Å². The molecule has 4 aromatic rings. The number of aromatic nitrogens is 5. The minimum atomic E-state index is 0.196. The lowest BCUT2D eigenvalue weighted by atomic mass is 10.0. The Bertz CT molecular complexity index is 1230. The number of hydrogen-bond donors (Lipinski definition) is 1.